The van der Waals surface area contributed by atoms with Gasteiger partial charge in [0.05, 0.1) is 5.69 Å². The molecular weight excluding hydrogens is 152 g/mol. The maximum Gasteiger partial charge on any atom is 0.0832 e. The molecule has 0 atom stereocenters. The van der Waals surface area contributed by atoms with E-state index in [1.54, 1.807) is 4.68 Å². The molecule has 0 amide bonds. The van der Waals surface area contributed by atoms with Gasteiger partial charge in [-0.05, 0) is 18.4 Å². The summed E-state index contributed by atoms with van der Waals surface area (Å²) in [5.41, 5.74) is 6.73. The Morgan fingerprint density at radius 2 is 2.25 bits per heavy atom. The zero-order valence-corrected chi connectivity index (χ0v) is 7.91. The Morgan fingerprint density at radius 1 is 1.58 bits per heavy atom. The molecule has 0 fully saturated rings. The molecule has 1 aromatic heterocycles. The lowest BCUT2D eigenvalue weighted by Gasteiger charge is -2.20. The fourth-order valence-electron chi connectivity index (χ4n) is 1.04. The normalized spacial score (nSPS) is 12.0. The van der Waals surface area contributed by atoms with Crippen molar-refractivity contribution in [2.45, 2.75) is 20.3 Å². The second-order valence-corrected chi connectivity index (χ2v) is 3.93. The maximum absolute atomic E-state index is 5.61. The van der Waals surface area contributed by atoms with E-state index < -0.39 is 0 Å². The first-order chi connectivity index (χ1) is 5.53. The highest BCUT2D eigenvalue weighted by molar-refractivity contribution is 4.96. The van der Waals surface area contributed by atoms with Crippen LogP contribution < -0.4 is 5.73 Å². The highest BCUT2D eigenvalue weighted by Gasteiger charge is 2.17. The average Bonchev–Trinajstić information content (AvgIpc) is 2.35. The highest BCUT2D eigenvalue weighted by Crippen LogP contribution is 2.17. The summed E-state index contributed by atoms with van der Waals surface area (Å²) in [7, 11) is 1.87. The molecule has 1 heterocycles. The molecule has 68 valence electrons. The fourth-order valence-corrected chi connectivity index (χ4v) is 1.04. The van der Waals surface area contributed by atoms with Crippen LogP contribution in [0.4, 0.5) is 0 Å². The summed E-state index contributed by atoms with van der Waals surface area (Å²) in [6, 6.07) is 0. The van der Waals surface area contributed by atoms with Gasteiger partial charge in [0.15, 0.2) is 0 Å². The van der Waals surface area contributed by atoms with Gasteiger partial charge in [-0.15, -0.1) is 5.10 Å². The van der Waals surface area contributed by atoms with E-state index in [1.807, 2.05) is 13.2 Å². The van der Waals surface area contributed by atoms with Crippen LogP contribution in [0.5, 0.6) is 0 Å². The predicted molar refractivity (Wildman–Crippen MR) is 47.5 cm³/mol. The number of aromatic nitrogens is 3. The minimum absolute atomic E-state index is 0.121. The van der Waals surface area contributed by atoms with Crippen molar-refractivity contribution in [3.8, 4) is 0 Å². The summed E-state index contributed by atoms with van der Waals surface area (Å²) >= 11 is 0. The molecule has 0 aromatic carbocycles. The van der Waals surface area contributed by atoms with Gasteiger partial charge in [-0.2, -0.15) is 0 Å². The van der Waals surface area contributed by atoms with Crippen molar-refractivity contribution >= 4 is 0 Å². The highest BCUT2D eigenvalue weighted by atomic mass is 15.4. The summed E-state index contributed by atoms with van der Waals surface area (Å²) in [6.45, 7) is 4.92. The maximum atomic E-state index is 5.61. The zero-order chi connectivity index (χ0) is 9.19. The minimum Gasteiger partial charge on any atom is -0.330 e. The van der Waals surface area contributed by atoms with E-state index in [1.165, 1.54) is 0 Å². The molecule has 0 aliphatic rings. The monoisotopic (exact) mass is 168 g/mol. The number of nitrogens with two attached hydrogens (primary N) is 1. The van der Waals surface area contributed by atoms with Crippen LogP contribution in [0.1, 0.15) is 19.5 Å². The number of nitrogens with zero attached hydrogens (tertiary/aromatic N) is 3. The molecule has 0 saturated heterocycles. The van der Waals surface area contributed by atoms with Crippen LogP contribution in [0.3, 0.4) is 0 Å². The third kappa shape index (κ3) is 2.30. The molecular formula is C8H16N4. The van der Waals surface area contributed by atoms with Crippen LogP contribution in [-0.4, -0.2) is 21.5 Å². The lowest BCUT2D eigenvalue weighted by molar-refractivity contribution is 0.372. The van der Waals surface area contributed by atoms with Gasteiger partial charge in [0.1, 0.15) is 0 Å². The summed E-state index contributed by atoms with van der Waals surface area (Å²) in [4.78, 5) is 0. The molecule has 0 unspecified atom stereocenters. The van der Waals surface area contributed by atoms with Gasteiger partial charge in [-0.1, -0.05) is 19.1 Å². The summed E-state index contributed by atoms with van der Waals surface area (Å²) in [5, 5.41) is 7.87. The third-order valence-corrected chi connectivity index (χ3v) is 1.86. The van der Waals surface area contributed by atoms with E-state index in [0.29, 0.717) is 6.54 Å². The van der Waals surface area contributed by atoms with Crippen molar-refractivity contribution in [1.29, 1.82) is 0 Å². The molecule has 0 radical (unpaired) electrons. The van der Waals surface area contributed by atoms with Gasteiger partial charge in [0.25, 0.3) is 0 Å². The molecule has 0 saturated carbocycles. The van der Waals surface area contributed by atoms with Crippen molar-refractivity contribution in [2.24, 2.45) is 18.2 Å². The standard InChI is InChI=1S/C8H16N4/c1-8(2,6-9)4-7-5-12(3)11-10-7/h5H,4,6,9H2,1-3H3. The third-order valence-electron chi connectivity index (χ3n) is 1.86. The summed E-state index contributed by atoms with van der Waals surface area (Å²) < 4.78 is 1.71. The molecule has 0 bridgehead atoms. The smallest absolute Gasteiger partial charge is 0.0832 e. The van der Waals surface area contributed by atoms with Crippen LogP contribution in [0.25, 0.3) is 0 Å². The lowest BCUT2D eigenvalue weighted by atomic mass is 9.88. The first-order valence-corrected chi connectivity index (χ1v) is 4.09. The lowest BCUT2D eigenvalue weighted by Crippen LogP contribution is -2.26. The van der Waals surface area contributed by atoms with E-state index in [0.717, 1.165) is 12.1 Å². The topological polar surface area (TPSA) is 56.7 Å². The largest absolute Gasteiger partial charge is 0.330 e. The van der Waals surface area contributed by atoms with Gasteiger partial charge in [-0.3, -0.25) is 4.68 Å². The number of hydrogen-bond donors (Lipinski definition) is 1. The van der Waals surface area contributed by atoms with Crippen LogP contribution in [0.15, 0.2) is 6.20 Å². The molecule has 0 aliphatic heterocycles. The second kappa shape index (κ2) is 3.23. The summed E-state index contributed by atoms with van der Waals surface area (Å²) in [5.74, 6) is 0. The average molecular weight is 168 g/mol. The SMILES string of the molecule is Cn1cc(CC(C)(C)CN)nn1. The molecule has 1 rings (SSSR count). The first-order valence-electron chi connectivity index (χ1n) is 4.09. The molecule has 4 heteroatoms. The van der Waals surface area contributed by atoms with Gasteiger partial charge in [0, 0.05) is 13.2 Å². The van der Waals surface area contributed by atoms with Gasteiger partial charge in [0.2, 0.25) is 0 Å². The first kappa shape index (κ1) is 9.19. The molecule has 12 heavy (non-hydrogen) atoms. The Balaban J connectivity index is 2.63. The van der Waals surface area contributed by atoms with Crippen LogP contribution in [0, 0.1) is 5.41 Å². The Bertz CT molecular complexity index is 251. The van der Waals surface area contributed by atoms with E-state index in [9.17, 15) is 0 Å². The van der Waals surface area contributed by atoms with Crippen LogP contribution in [0.2, 0.25) is 0 Å². The Kier molecular flexibility index (Phi) is 2.47. The Morgan fingerprint density at radius 3 is 2.67 bits per heavy atom. The van der Waals surface area contributed by atoms with Gasteiger partial charge >= 0.3 is 0 Å². The Hall–Kier alpha value is -0.900. The Labute approximate surface area is 72.8 Å². The van der Waals surface area contributed by atoms with E-state index in [4.69, 9.17) is 5.73 Å². The fraction of sp³-hybridized carbons (Fsp3) is 0.750. The number of rotatable bonds is 3. The number of aryl methyl sites for hydroxylation is 1. The van der Waals surface area contributed by atoms with Crippen molar-refractivity contribution in [3.63, 3.8) is 0 Å². The quantitative estimate of drug-likeness (QED) is 0.708. The zero-order valence-electron chi connectivity index (χ0n) is 7.91. The minimum atomic E-state index is 0.121. The van der Waals surface area contributed by atoms with E-state index in [-0.39, 0.29) is 5.41 Å². The van der Waals surface area contributed by atoms with Crippen molar-refractivity contribution < 1.29 is 0 Å². The molecule has 1 aromatic rings. The van der Waals surface area contributed by atoms with Crippen molar-refractivity contribution in [2.75, 3.05) is 6.54 Å². The summed E-state index contributed by atoms with van der Waals surface area (Å²) in [6.07, 6.45) is 2.81. The number of hydrogen-bond acceptors (Lipinski definition) is 3. The molecule has 0 spiro atoms. The van der Waals surface area contributed by atoms with Crippen molar-refractivity contribution in [1.82, 2.24) is 15.0 Å². The molecule has 2 N–H and O–H groups in total. The van der Waals surface area contributed by atoms with Crippen LogP contribution in [-0.2, 0) is 13.5 Å². The van der Waals surface area contributed by atoms with Crippen LogP contribution >= 0.6 is 0 Å². The molecule has 4 nitrogen and oxygen atoms in total. The second-order valence-electron chi connectivity index (χ2n) is 3.93. The van der Waals surface area contributed by atoms with Crippen molar-refractivity contribution in [3.05, 3.63) is 11.9 Å². The van der Waals surface area contributed by atoms with E-state index >= 15 is 0 Å². The molecule has 0 aliphatic carbocycles. The van der Waals surface area contributed by atoms with Gasteiger partial charge < -0.3 is 5.73 Å². The van der Waals surface area contributed by atoms with E-state index in [2.05, 4.69) is 24.2 Å². The predicted octanol–water partition coefficient (Wildman–Crippen LogP) is 0.342. The van der Waals surface area contributed by atoms with Gasteiger partial charge in [-0.25, -0.2) is 0 Å².